The maximum Gasteiger partial charge on any atom is 0.417 e. The molecule has 23 heavy (non-hydrogen) atoms. The van der Waals surface area contributed by atoms with Crippen LogP contribution in [0.3, 0.4) is 0 Å². The molecule has 0 unspecified atom stereocenters. The van der Waals surface area contributed by atoms with Gasteiger partial charge < -0.3 is 5.32 Å². The summed E-state index contributed by atoms with van der Waals surface area (Å²) in [5, 5.41) is 2.33. The van der Waals surface area contributed by atoms with Crippen LogP contribution in [0.4, 0.5) is 17.6 Å². The second-order valence-electron chi connectivity index (χ2n) is 4.51. The molecule has 0 saturated heterocycles. The molecule has 0 spiro atoms. The third-order valence-electron chi connectivity index (χ3n) is 2.91. The van der Waals surface area contributed by atoms with Crippen LogP contribution in [-0.4, -0.2) is 12.5 Å². The highest BCUT2D eigenvalue weighted by atomic mass is 19.4. The van der Waals surface area contributed by atoms with Crippen molar-refractivity contribution in [3.05, 3.63) is 71.0 Å². The lowest BCUT2D eigenvalue weighted by atomic mass is 10.1. The van der Waals surface area contributed by atoms with Crippen molar-refractivity contribution in [1.82, 2.24) is 5.32 Å². The van der Waals surface area contributed by atoms with Crippen LogP contribution < -0.4 is 5.32 Å². The van der Waals surface area contributed by atoms with Crippen molar-refractivity contribution in [2.75, 3.05) is 6.54 Å². The van der Waals surface area contributed by atoms with E-state index in [4.69, 9.17) is 0 Å². The van der Waals surface area contributed by atoms with Crippen molar-refractivity contribution in [1.29, 1.82) is 0 Å². The van der Waals surface area contributed by atoms with E-state index < -0.39 is 23.5 Å². The monoisotopic (exact) mass is 321 g/mol. The van der Waals surface area contributed by atoms with E-state index in [0.29, 0.717) is 0 Å². The van der Waals surface area contributed by atoms with Crippen molar-refractivity contribution in [3.63, 3.8) is 0 Å². The maximum atomic E-state index is 13.4. The number of carbonyl (C=O) groups is 1. The predicted molar refractivity (Wildman–Crippen MR) is 77.1 cm³/mol. The van der Waals surface area contributed by atoms with Crippen LogP contribution in [0.15, 0.2) is 48.5 Å². The van der Waals surface area contributed by atoms with Gasteiger partial charge in [0.05, 0.1) is 17.7 Å². The second kappa shape index (κ2) is 6.97. The Morgan fingerprint density at radius 1 is 1.04 bits per heavy atom. The molecule has 0 aromatic heterocycles. The largest absolute Gasteiger partial charge is 0.417 e. The zero-order chi connectivity index (χ0) is 16.9. The number of hydrogen-bond acceptors (Lipinski definition) is 1. The number of amides is 1. The Labute approximate surface area is 130 Å². The number of halogens is 4. The van der Waals surface area contributed by atoms with Crippen LogP contribution in [-0.2, 0) is 6.18 Å². The van der Waals surface area contributed by atoms with Gasteiger partial charge in [0.1, 0.15) is 5.82 Å². The van der Waals surface area contributed by atoms with E-state index in [1.807, 2.05) is 0 Å². The summed E-state index contributed by atoms with van der Waals surface area (Å²) in [6, 6.07) is 10.3. The average Bonchev–Trinajstić information content (AvgIpc) is 2.51. The van der Waals surface area contributed by atoms with Crippen molar-refractivity contribution >= 4 is 5.91 Å². The summed E-state index contributed by atoms with van der Waals surface area (Å²) in [6.07, 6.45) is -4.50. The fourth-order valence-electron chi connectivity index (χ4n) is 1.84. The number of carbonyl (C=O) groups excluding carboxylic acids is 1. The molecule has 1 amide bonds. The highest BCUT2D eigenvalue weighted by Crippen LogP contribution is 2.31. The van der Waals surface area contributed by atoms with Crippen LogP contribution in [0.25, 0.3) is 0 Å². The van der Waals surface area contributed by atoms with Gasteiger partial charge in [-0.15, -0.1) is 0 Å². The minimum atomic E-state index is -4.50. The first-order chi connectivity index (χ1) is 10.9. The summed E-state index contributed by atoms with van der Waals surface area (Å²) in [4.78, 5) is 11.7. The number of rotatable bonds is 2. The molecule has 2 aromatic rings. The van der Waals surface area contributed by atoms with Gasteiger partial charge in [-0.1, -0.05) is 36.1 Å². The molecule has 0 aliphatic heterocycles. The Bertz CT molecular complexity index is 772. The van der Waals surface area contributed by atoms with Crippen molar-refractivity contribution in [2.45, 2.75) is 6.18 Å². The lowest BCUT2D eigenvalue weighted by Crippen LogP contribution is -2.24. The number of hydrogen-bond donors (Lipinski definition) is 1. The zero-order valence-electron chi connectivity index (χ0n) is 11.7. The third kappa shape index (κ3) is 4.33. The predicted octanol–water partition coefficient (Wildman–Crippen LogP) is 3.63. The highest BCUT2D eigenvalue weighted by molar-refractivity contribution is 5.94. The zero-order valence-corrected chi connectivity index (χ0v) is 11.7. The normalized spacial score (nSPS) is 10.6. The molecule has 0 radical (unpaired) electrons. The molecule has 0 atom stereocenters. The first kappa shape index (κ1) is 16.6. The molecule has 0 saturated carbocycles. The lowest BCUT2D eigenvalue weighted by Gasteiger charge is -2.08. The molecule has 2 aromatic carbocycles. The summed E-state index contributed by atoms with van der Waals surface area (Å²) in [5.74, 6) is 3.43. The van der Waals surface area contributed by atoms with Crippen LogP contribution >= 0.6 is 0 Å². The standard InChI is InChI=1S/C17H11F4NO/c18-15-10-4-2-8-13(15)16(23)22-11-5-7-12-6-1-3-9-14(12)17(19,20)21/h1-4,6,8-10H,11H2,(H,22,23). The Hall–Kier alpha value is -2.81. The fourth-order valence-corrected chi connectivity index (χ4v) is 1.84. The van der Waals surface area contributed by atoms with Gasteiger partial charge in [0.25, 0.3) is 5.91 Å². The average molecular weight is 321 g/mol. The smallest absolute Gasteiger partial charge is 0.341 e. The molecule has 6 heteroatoms. The number of alkyl halides is 3. The minimum Gasteiger partial charge on any atom is -0.341 e. The molecule has 0 bridgehead atoms. The van der Waals surface area contributed by atoms with Crippen LogP contribution in [0.1, 0.15) is 21.5 Å². The molecule has 0 aliphatic carbocycles. The molecule has 0 heterocycles. The molecular formula is C17H11F4NO. The molecule has 0 fully saturated rings. The van der Waals surface area contributed by atoms with E-state index in [1.165, 1.54) is 36.4 Å². The van der Waals surface area contributed by atoms with Gasteiger partial charge in [0.15, 0.2) is 0 Å². The minimum absolute atomic E-state index is 0.148. The Morgan fingerprint density at radius 2 is 1.70 bits per heavy atom. The van der Waals surface area contributed by atoms with Crippen LogP contribution in [0, 0.1) is 17.7 Å². The highest BCUT2D eigenvalue weighted by Gasteiger charge is 2.32. The molecule has 1 N–H and O–H groups in total. The Morgan fingerprint density at radius 3 is 2.39 bits per heavy atom. The van der Waals surface area contributed by atoms with E-state index in [2.05, 4.69) is 17.2 Å². The molecule has 118 valence electrons. The first-order valence-corrected chi connectivity index (χ1v) is 6.57. The van der Waals surface area contributed by atoms with Gasteiger partial charge in [0.2, 0.25) is 0 Å². The fraction of sp³-hybridized carbons (Fsp3) is 0.118. The van der Waals surface area contributed by atoms with Crippen molar-refractivity contribution in [3.8, 4) is 11.8 Å². The van der Waals surface area contributed by atoms with Gasteiger partial charge in [-0.2, -0.15) is 13.2 Å². The summed E-state index contributed by atoms with van der Waals surface area (Å²) in [7, 11) is 0. The topological polar surface area (TPSA) is 29.1 Å². The van der Waals surface area contributed by atoms with E-state index in [0.717, 1.165) is 12.1 Å². The SMILES string of the molecule is O=C(NCC#Cc1ccccc1C(F)(F)F)c1ccccc1F. The van der Waals surface area contributed by atoms with E-state index in [1.54, 1.807) is 0 Å². The number of benzene rings is 2. The Balaban J connectivity index is 2.05. The first-order valence-electron chi connectivity index (χ1n) is 6.57. The molecular weight excluding hydrogens is 310 g/mol. The Kier molecular flexibility index (Phi) is 5.02. The van der Waals surface area contributed by atoms with E-state index >= 15 is 0 Å². The van der Waals surface area contributed by atoms with Gasteiger partial charge in [-0.05, 0) is 24.3 Å². The molecule has 0 aliphatic rings. The summed E-state index contributed by atoms with van der Waals surface area (Å²) in [5.41, 5.74) is -1.17. The van der Waals surface area contributed by atoms with Crippen LogP contribution in [0.2, 0.25) is 0 Å². The van der Waals surface area contributed by atoms with Gasteiger partial charge in [0, 0.05) is 5.56 Å². The summed E-state index contributed by atoms with van der Waals surface area (Å²) >= 11 is 0. The molecule has 2 rings (SSSR count). The van der Waals surface area contributed by atoms with Gasteiger partial charge in [-0.3, -0.25) is 4.79 Å². The van der Waals surface area contributed by atoms with Crippen molar-refractivity contribution < 1.29 is 22.4 Å². The van der Waals surface area contributed by atoms with Crippen LogP contribution in [0.5, 0.6) is 0 Å². The summed E-state index contributed by atoms with van der Waals surface area (Å²) in [6.45, 7) is -0.195. The van der Waals surface area contributed by atoms with Crippen molar-refractivity contribution in [2.24, 2.45) is 0 Å². The lowest BCUT2D eigenvalue weighted by molar-refractivity contribution is -0.137. The van der Waals surface area contributed by atoms with E-state index in [9.17, 15) is 22.4 Å². The second-order valence-corrected chi connectivity index (χ2v) is 4.51. The quantitative estimate of drug-likeness (QED) is 0.664. The maximum absolute atomic E-state index is 13.4. The third-order valence-corrected chi connectivity index (χ3v) is 2.91. The molecule has 2 nitrogen and oxygen atoms in total. The van der Waals surface area contributed by atoms with Gasteiger partial charge >= 0.3 is 6.18 Å². The summed E-state index contributed by atoms with van der Waals surface area (Å²) < 4.78 is 51.7. The van der Waals surface area contributed by atoms with E-state index in [-0.39, 0.29) is 17.7 Å². The van der Waals surface area contributed by atoms with Gasteiger partial charge in [-0.25, -0.2) is 4.39 Å². The number of nitrogens with one attached hydrogen (secondary N) is 1.